The van der Waals surface area contributed by atoms with E-state index in [1.165, 1.54) is 17.1 Å². The summed E-state index contributed by atoms with van der Waals surface area (Å²) in [7, 11) is -4.36. The van der Waals surface area contributed by atoms with Crippen LogP contribution in [0, 0.1) is 12.3 Å². The Morgan fingerprint density at radius 3 is 1.92 bits per heavy atom. The van der Waals surface area contributed by atoms with E-state index in [0.717, 1.165) is 34.2 Å². The van der Waals surface area contributed by atoms with Gasteiger partial charge in [-0.25, -0.2) is 16.9 Å². The summed E-state index contributed by atoms with van der Waals surface area (Å²) in [6.45, 7) is 15.1. The Bertz CT molecular complexity index is 1450. The number of nitrogens with zero attached hydrogens (tertiary/aromatic N) is 1. The second kappa shape index (κ2) is 9.43. The maximum Gasteiger partial charge on any atom is 0.660 e. The molecule has 0 atom stereocenters. The van der Waals surface area contributed by atoms with E-state index >= 15 is 0 Å². The molecule has 37 heavy (non-hydrogen) atoms. The van der Waals surface area contributed by atoms with Gasteiger partial charge in [-0.05, 0) is 63.3 Å². The molecule has 0 fully saturated rings. The van der Waals surface area contributed by atoms with Gasteiger partial charge in [0.2, 0.25) is 5.69 Å². The van der Waals surface area contributed by atoms with E-state index in [-0.39, 0.29) is 16.4 Å². The number of rotatable bonds is 4. The van der Waals surface area contributed by atoms with E-state index in [2.05, 4.69) is 66.7 Å². The van der Waals surface area contributed by atoms with Crippen LogP contribution in [0.2, 0.25) is 0 Å². The predicted molar refractivity (Wildman–Crippen MR) is 151 cm³/mol. The van der Waals surface area contributed by atoms with E-state index in [1.807, 2.05) is 36.4 Å². The predicted octanol–water partition coefficient (Wildman–Crippen LogP) is 8.25. The van der Waals surface area contributed by atoms with Crippen LogP contribution in [0.25, 0.3) is 33.2 Å². The SMILES string of the molecule is Cc1c(-c2cc(-c3ccc(CC(C)(C)C)cc3)c([Si](F)(F)F)c[n+]2C)cc(C(C)(C)C)c2ccccc12. The Labute approximate surface area is 220 Å². The summed E-state index contributed by atoms with van der Waals surface area (Å²) < 4.78 is 44.8. The van der Waals surface area contributed by atoms with Gasteiger partial charge in [0.1, 0.15) is 12.2 Å². The van der Waals surface area contributed by atoms with Crippen LogP contribution in [-0.4, -0.2) is 9.08 Å². The molecule has 0 aliphatic heterocycles. The molecular formula is C32H37F3NSi+. The van der Waals surface area contributed by atoms with Crippen LogP contribution in [0.15, 0.2) is 66.9 Å². The molecule has 4 aromatic rings. The molecular weight excluding hydrogens is 483 g/mol. The lowest BCUT2D eigenvalue weighted by atomic mass is 9.80. The third kappa shape index (κ3) is 5.67. The average Bonchev–Trinajstić information content (AvgIpc) is 2.78. The summed E-state index contributed by atoms with van der Waals surface area (Å²) in [5.41, 5.74) is 5.99. The molecule has 0 saturated carbocycles. The highest BCUT2D eigenvalue weighted by molar-refractivity contribution is 6.74. The van der Waals surface area contributed by atoms with Gasteiger partial charge in [-0.2, -0.15) is 0 Å². The molecule has 0 radical (unpaired) electrons. The van der Waals surface area contributed by atoms with Crippen LogP contribution in [-0.2, 0) is 18.9 Å². The monoisotopic (exact) mass is 520 g/mol. The number of hydrogen-bond acceptors (Lipinski definition) is 0. The van der Waals surface area contributed by atoms with E-state index in [9.17, 15) is 12.3 Å². The van der Waals surface area contributed by atoms with Gasteiger partial charge in [0.15, 0.2) is 6.20 Å². The van der Waals surface area contributed by atoms with Gasteiger partial charge in [-0.3, -0.25) is 0 Å². The van der Waals surface area contributed by atoms with Gasteiger partial charge < -0.3 is 0 Å². The quantitative estimate of drug-likeness (QED) is 0.145. The van der Waals surface area contributed by atoms with Crippen molar-refractivity contribution in [2.75, 3.05) is 0 Å². The zero-order valence-corrected chi connectivity index (χ0v) is 24.1. The molecule has 0 bridgehead atoms. The lowest BCUT2D eigenvalue weighted by Crippen LogP contribution is -2.44. The van der Waals surface area contributed by atoms with E-state index in [4.69, 9.17) is 0 Å². The van der Waals surface area contributed by atoms with Crippen molar-refractivity contribution in [3.05, 3.63) is 83.6 Å². The molecule has 4 rings (SSSR count). The van der Waals surface area contributed by atoms with Crippen molar-refractivity contribution in [3.63, 3.8) is 0 Å². The molecule has 0 N–H and O–H groups in total. The van der Waals surface area contributed by atoms with Gasteiger partial charge in [-0.1, -0.05) is 90.1 Å². The van der Waals surface area contributed by atoms with Gasteiger partial charge in [0.05, 0.1) is 0 Å². The minimum atomic E-state index is -6.09. The average molecular weight is 521 g/mol. The minimum absolute atomic E-state index is 0.109. The van der Waals surface area contributed by atoms with Gasteiger partial charge >= 0.3 is 9.08 Å². The number of fused-ring (bicyclic) bond motifs is 1. The first-order valence-corrected chi connectivity index (χ1v) is 14.4. The van der Waals surface area contributed by atoms with Crippen molar-refractivity contribution in [2.24, 2.45) is 12.5 Å². The molecule has 0 unspecified atom stereocenters. The maximum absolute atomic E-state index is 14.4. The Morgan fingerprint density at radius 2 is 1.38 bits per heavy atom. The summed E-state index contributed by atoms with van der Waals surface area (Å²) in [5.74, 6) is 0. The van der Waals surface area contributed by atoms with Crippen molar-refractivity contribution in [2.45, 2.75) is 60.3 Å². The fourth-order valence-corrected chi connectivity index (χ4v) is 6.06. The third-order valence-corrected chi connectivity index (χ3v) is 7.99. The summed E-state index contributed by atoms with van der Waals surface area (Å²) in [6, 6.07) is 19.9. The number of aryl methyl sites for hydroxylation is 2. The molecule has 0 saturated heterocycles. The Balaban J connectivity index is 1.97. The van der Waals surface area contributed by atoms with Crippen LogP contribution >= 0.6 is 0 Å². The molecule has 0 spiro atoms. The molecule has 3 aromatic carbocycles. The topological polar surface area (TPSA) is 3.88 Å². The molecule has 1 aromatic heterocycles. The molecule has 0 amide bonds. The van der Waals surface area contributed by atoms with E-state index in [0.29, 0.717) is 5.56 Å². The van der Waals surface area contributed by atoms with Crippen molar-refractivity contribution in [1.82, 2.24) is 0 Å². The van der Waals surface area contributed by atoms with E-state index in [1.54, 1.807) is 17.7 Å². The van der Waals surface area contributed by atoms with E-state index < -0.39 is 14.3 Å². The van der Waals surface area contributed by atoms with Crippen molar-refractivity contribution >= 4 is 25.0 Å². The summed E-state index contributed by atoms with van der Waals surface area (Å²) in [4.78, 5) is 0. The molecule has 0 aliphatic carbocycles. The van der Waals surface area contributed by atoms with Crippen LogP contribution in [0.3, 0.4) is 0 Å². The van der Waals surface area contributed by atoms with Crippen LogP contribution in [0.1, 0.15) is 58.2 Å². The number of aromatic nitrogens is 1. The maximum atomic E-state index is 14.4. The van der Waals surface area contributed by atoms with Crippen molar-refractivity contribution < 1.29 is 16.9 Å². The fraction of sp³-hybridized carbons (Fsp3) is 0.344. The van der Waals surface area contributed by atoms with Crippen LogP contribution in [0.4, 0.5) is 12.3 Å². The molecule has 0 aliphatic rings. The normalized spacial score (nSPS) is 12.8. The zero-order chi connectivity index (χ0) is 27.3. The highest BCUT2D eigenvalue weighted by atomic mass is 28.5. The van der Waals surface area contributed by atoms with Crippen LogP contribution in [0.5, 0.6) is 0 Å². The molecule has 194 valence electrons. The lowest BCUT2D eigenvalue weighted by molar-refractivity contribution is -0.659. The number of hydrogen-bond donors (Lipinski definition) is 0. The highest BCUT2D eigenvalue weighted by Crippen LogP contribution is 2.38. The second-order valence-corrected chi connectivity index (χ2v) is 14.0. The Hall–Kier alpha value is -2.92. The first-order chi connectivity index (χ1) is 17.1. The number of pyridine rings is 1. The van der Waals surface area contributed by atoms with Crippen molar-refractivity contribution in [1.29, 1.82) is 0 Å². The molecule has 5 heteroatoms. The van der Waals surface area contributed by atoms with Gasteiger partial charge in [-0.15, -0.1) is 0 Å². The summed E-state index contributed by atoms with van der Waals surface area (Å²) in [5, 5.41) is 1.83. The molecule has 1 heterocycles. The van der Waals surface area contributed by atoms with Gasteiger partial charge in [0.25, 0.3) is 0 Å². The number of halogens is 3. The Morgan fingerprint density at radius 1 is 0.784 bits per heavy atom. The first kappa shape index (κ1) is 27.1. The molecule has 1 nitrogen and oxygen atoms in total. The van der Waals surface area contributed by atoms with Crippen LogP contribution < -0.4 is 9.75 Å². The zero-order valence-electron chi connectivity index (χ0n) is 23.1. The largest absolute Gasteiger partial charge is 0.660 e. The fourth-order valence-electron chi connectivity index (χ4n) is 5.20. The Kier molecular flexibility index (Phi) is 6.91. The standard InChI is InChI=1S/C32H37F3NSi/c1-21-24-11-9-10-12-25(24)28(32(5,6)7)17-26(21)29-18-27(30(20-36(29)8)37(33,34)35)23-15-13-22(14-16-23)19-31(2,3)4/h9-18,20H,19H2,1-8H3/q+1. The first-order valence-electron chi connectivity index (χ1n) is 12.8. The third-order valence-electron chi connectivity index (χ3n) is 6.98. The number of benzene rings is 3. The van der Waals surface area contributed by atoms with Gasteiger partial charge in [0, 0.05) is 17.2 Å². The second-order valence-electron chi connectivity index (χ2n) is 12.4. The lowest BCUT2D eigenvalue weighted by Gasteiger charge is -2.24. The smallest absolute Gasteiger partial charge is 0.234 e. The van der Waals surface area contributed by atoms with Crippen molar-refractivity contribution in [3.8, 4) is 22.4 Å². The highest BCUT2D eigenvalue weighted by Gasteiger charge is 2.45. The summed E-state index contributed by atoms with van der Waals surface area (Å²) in [6.07, 6.45) is 2.17. The summed E-state index contributed by atoms with van der Waals surface area (Å²) >= 11 is 0. The minimum Gasteiger partial charge on any atom is -0.234 e.